The highest BCUT2D eigenvalue weighted by Gasteiger charge is 2.16. The van der Waals surface area contributed by atoms with Crippen molar-refractivity contribution in [1.82, 2.24) is 10.6 Å². The Bertz CT molecular complexity index is 672. The molecule has 1 fully saturated rings. The first-order valence-corrected chi connectivity index (χ1v) is 10.8. The highest BCUT2D eigenvalue weighted by Crippen LogP contribution is 2.22. The van der Waals surface area contributed by atoms with Gasteiger partial charge in [-0.05, 0) is 16.3 Å². The molecule has 25 heavy (non-hydrogen) atoms. The van der Waals surface area contributed by atoms with Gasteiger partial charge in [0.15, 0.2) is 0 Å². The summed E-state index contributed by atoms with van der Waals surface area (Å²) < 4.78 is 0. The summed E-state index contributed by atoms with van der Waals surface area (Å²) in [5.74, 6) is 4.30. The van der Waals surface area contributed by atoms with E-state index in [-0.39, 0.29) is 18.3 Å². The van der Waals surface area contributed by atoms with Gasteiger partial charge < -0.3 is 10.6 Å². The van der Waals surface area contributed by atoms with E-state index in [4.69, 9.17) is 0 Å². The molecule has 0 aliphatic carbocycles. The number of thioether (sulfide) groups is 2. The topological polar surface area (TPSA) is 41.1 Å². The molecule has 2 aromatic carbocycles. The number of carbonyl (C=O) groups excluding carboxylic acids is 1. The summed E-state index contributed by atoms with van der Waals surface area (Å²) in [7, 11) is 0. The van der Waals surface area contributed by atoms with Crippen LogP contribution in [0.3, 0.4) is 0 Å². The highest BCUT2D eigenvalue weighted by molar-refractivity contribution is 7.99. The van der Waals surface area contributed by atoms with Gasteiger partial charge in [-0.3, -0.25) is 4.79 Å². The Balaban J connectivity index is 0.00000225. The van der Waals surface area contributed by atoms with Gasteiger partial charge in [0.05, 0.1) is 0 Å². The van der Waals surface area contributed by atoms with Crippen molar-refractivity contribution in [3.63, 3.8) is 0 Å². The Morgan fingerprint density at radius 1 is 1.24 bits per heavy atom. The molecule has 0 bridgehead atoms. The van der Waals surface area contributed by atoms with Gasteiger partial charge in [0.1, 0.15) is 0 Å². The summed E-state index contributed by atoms with van der Waals surface area (Å²) in [5, 5.41) is 9.07. The zero-order chi connectivity index (χ0) is 16.6. The maximum Gasteiger partial charge on any atom is 0.221 e. The van der Waals surface area contributed by atoms with Crippen molar-refractivity contribution in [3.05, 3.63) is 48.0 Å². The first-order valence-electron chi connectivity index (χ1n) is 8.45. The summed E-state index contributed by atoms with van der Waals surface area (Å²) in [6, 6.07) is 15.3. The SMILES string of the molecule is Cl.O=C(CC1CSCCN1)NCCSCc1cccc2ccccc12. The van der Waals surface area contributed by atoms with E-state index in [2.05, 4.69) is 53.1 Å². The zero-order valence-corrected chi connectivity index (χ0v) is 16.7. The molecule has 1 amide bonds. The third-order valence-corrected chi connectivity index (χ3v) is 6.28. The number of benzene rings is 2. The molecule has 0 saturated carbocycles. The molecule has 1 unspecified atom stereocenters. The summed E-state index contributed by atoms with van der Waals surface area (Å²) in [6.45, 7) is 1.76. The van der Waals surface area contributed by atoms with E-state index in [1.807, 2.05) is 23.5 Å². The Morgan fingerprint density at radius 3 is 2.92 bits per heavy atom. The molecule has 1 aliphatic rings. The average molecular weight is 397 g/mol. The second-order valence-corrected chi connectivity index (χ2v) is 8.23. The molecule has 0 aromatic heterocycles. The van der Waals surface area contributed by atoms with Gasteiger partial charge in [-0.25, -0.2) is 0 Å². The number of halogens is 1. The van der Waals surface area contributed by atoms with E-state index in [1.54, 1.807) is 0 Å². The van der Waals surface area contributed by atoms with Crippen molar-refractivity contribution in [3.8, 4) is 0 Å². The molecule has 136 valence electrons. The Morgan fingerprint density at radius 2 is 2.08 bits per heavy atom. The molecule has 2 N–H and O–H groups in total. The standard InChI is InChI=1S/C19H24N2OS2.ClH/c22-19(12-17-14-24-10-8-20-17)21-9-11-23-13-16-6-3-5-15-4-1-2-7-18(15)16;/h1-7,17,20H,8-14H2,(H,21,22);1H. The van der Waals surface area contributed by atoms with Crippen LogP contribution in [0, 0.1) is 0 Å². The lowest BCUT2D eigenvalue weighted by atomic mass is 10.1. The Labute approximate surface area is 164 Å². The molecule has 1 aliphatic heterocycles. The number of fused-ring (bicyclic) bond motifs is 1. The first-order chi connectivity index (χ1) is 11.8. The van der Waals surface area contributed by atoms with Gasteiger partial charge in [0.25, 0.3) is 0 Å². The molecule has 1 heterocycles. The van der Waals surface area contributed by atoms with Gasteiger partial charge in [-0.1, -0.05) is 42.5 Å². The summed E-state index contributed by atoms with van der Waals surface area (Å²) in [4.78, 5) is 11.9. The molecule has 2 aromatic rings. The third-order valence-electron chi connectivity index (χ3n) is 4.14. The van der Waals surface area contributed by atoms with Crippen molar-refractivity contribution in [2.24, 2.45) is 0 Å². The minimum atomic E-state index is 0. The number of nitrogens with one attached hydrogen (secondary N) is 2. The predicted molar refractivity (Wildman–Crippen MR) is 114 cm³/mol. The lowest BCUT2D eigenvalue weighted by Crippen LogP contribution is -2.41. The Hall–Kier alpha value is -0.880. The van der Waals surface area contributed by atoms with Crippen molar-refractivity contribution in [2.45, 2.75) is 18.2 Å². The van der Waals surface area contributed by atoms with Crippen LogP contribution in [0.5, 0.6) is 0 Å². The van der Waals surface area contributed by atoms with Crippen LogP contribution in [0.1, 0.15) is 12.0 Å². The fourth-order valence-corrected chi connectivity index (χ4v) is 4.72. The number of amides is 1. The monoisotopic (exact) mass is 396 g/mol. The second kappa shape index (κ2) is 11.0. The van der Waals surface area contributed by atoms with Gasteiger partial charge in [0, 0.05) is 48.6 Å². The fraction of sp³-hybridized carbons (Fsp3) is 0.421. The molecule has 1 saturated heterocycles. The lowest BCUT2D eigenvalue weighted by molar-refractivity contribution is -0.121. The number of rotatable bonds is 7. The Kier molecular flexibility index (Phi) is 8.96. The van der Waals surface area contributed by atoms with E-state index in [9.17, 15) is 4.79 Å². The maximum absolute atomic E-state index is 11.9. The van der Waals surface area contributed by atoms with E-state index in [1.165, 1.54) is 16.3 Å². The zero-order valence-electron chi connectivity index (χ0n) is 14.2. The lowest BCUT2D eigenvalue weighted by Gasteiger charge is -2.22. The van der Waals surface area contributed by atoms with E-state index in [0.717, 1.165) is 36.1 Å². The van der Waals surface area contributed by atoms with Crippen LogP contribution in [0.2, 0.25) is 0 Å². The molecule has 3 nitrogen and oxygen atoms in total. The first kappa shape index (κ1) is 20.4. The molecule has 0 radical (unpaired) electrons. The highest BCUT2D eigenvalue weighted by atomic mass is 35.5. The van der Waals surface area contributed by atoms with Crippen molar-refractivity contribution in [2.75, 3.05) is 30.3 Å². The van der Waals surface area contributed by atoms with Crippen LogP contribution in [0.15, 0.2) is 42.5 Å². The quantitative estimate of drug-likeness (QED) is 0.700. The fourth-order valence-electron chi connectivity index (χ4n) is 2.91. The van der Waals surface area contributed by atoms with E-state index >= 15 is 0 Å². The van der Waals surface area contributed by atoms with Gasteiger partial charge in [-0.2, -0.15) is 23.5 Å². The van der Waals surface area contributed by atoms with Crippen LogP contribution in [-0.4, -0.2) is 42.3 Å². The van der Waals surface area contributed by atoms with Gasteiger partial charge >= 0.3 is 0 Å². The molecule has 3 rings (SSSR count). The number of hydrogen-bond donors (Lipinski definition) is 2. The minimum absolute atomic E-state index is 0. The minimum Gasteiger partial charge on any atom is -0.355 e. The van der Waals surface area contributed by atoms with Gasteiger partial charge in [0.2, 0.25) is 5.91 Å². The molecular formula is C19H25ClN2OS2. The third kappa shape index (κ3) is 6.41. The van der Waals surface area contributed by atoms with Crippen LogP contribution in [0.25, 0.3) is 10.8 Å². The molecule has 1 atom stereocenters. The normalized spacial score (nSPS) is 17.0. The average Bonchev–Trinajstić information content (AvgIpc) is 2.62. The van der Waals surface area contributed by atoms with Crippen molar-refractivity contribution in [1.29, 1.82) is 0 Å². The summed E-state index contributed by atoms with van der Waals surface area (Å²) >= 11 is 3.80. The molecule has 6 heteroatoms. The summed E-state index contributed by atoms with van der Waals surface area (Å²) in [5.41, 5.74) is 1.37. The van der Waals surface area contributed by atoms with Crippen LogP contribution in [-0.2, 0) is 10.5 Å². The van der Waals surface area contributed by atoms with E-state index in [0.29, 0.717) is 12.5 Å². The maximum atomic E-state index is 11.9. The summed E-state index contributed by atoms with van der Waals surface area (Å²) in [6.07, 6.45) is 0.598. The largest absolute Gasteiger partial charge is 0.355 e. The van der Waals surface area contributed by atoms with E-state index < -0.39 is 0 Å². The smallest absolute Gasteiger partial charge is 0.221 e. The molecular weight excluding hydrogens is 372 g/mol. The van der Waals surface area contributed by atoms with Crippen molar-refractivity contribution < 1.29 is 4.79 Å². The van der Waals surface area contributed by atoms with Crippen LogP contribution < -0.4 is 10.6 Å². The van der Waals surface area contributed by atoms with Gasteiger partial charge in [-0.15, -0.1) is 12.4 Å². The van der Waals surface area contributed by atoms with Crippen LogP contribution >= 0.6 is 35.9 Å². The second-order valence-electron chi connectivity index (χ2n) is 5.97. The predicted octanol–water partition coefficient (Wildman–Crippen LogP) is 3.71. The van der Waals surface area contributed by atoms with Crippen molar-refractivity contribution >= 4 is 52.6 Å². The number of carbonyl (C=O) groups is 1. The van der Waals surface area contributed by atoms with Crippen LogP contribution in [0.4, 0.5) is 0 Å². The molecule has 0 spiro atoms. The number of hydrogen-bond acceptors (Lipinski definition) is 4.